The summed E-state index contributed by atoms with van der Waals surface area (Å²) in [6, 6.07) is 12.9. The van der Waals surface area contributed by atoms with E-state index in [0.717, 1.165) is 48.9 Å². The van der Waals surface area contributed by atoms with Gasteiger partial charge in [-0.15, -0.1) is 0 Å². The molecule has 29 heavy (non-hydrogen) atoms. The zero-order chi connectivity index (χ0) is 20.2. The highest BCUT2D eigenvalue weighted by atomic mass is 16.5. The van der Waals surface area contributed by atoms with Gasteiger partial charge in [0.05, 0.1) is 25.6 Å². The van der Waals surface area contributed by atoms with E-state index in [-0.39, 0.29) is 11.5 Å². The Morgan fingerprint density at radius 2 is 2.03 bits per heavy atom. The van der Waals surface area contributed by atoms with Crippen molar-refractivity contribution in [3.63, 3.8) is 0 Å². The van der Waals surface area contributed by atoms with Crippen LogP contribution in [-0.4, -0.2) is 47.2 Å². The number of nitrogens with one attached hydrogen (secondary N) is 1. The molecule has 1 fully saturated rings. The number of hydrogen-bond donors (Lipinski definition) is 1. The lowest BCUT2D eigenvalue weighted by Crippen LogP contribution is -2.21. The number of ether oxygens (including phenoxy) is 2. The highest BCUT2D eigenvalue weighted by Gasteiger charge is 2.27. The lowest BCUT2D eigenvalue weighted by Gasteiger charge is -2.18. The second-order valence-corrected chi connectivity index (χ2v) is 7.13. The van der Waals surface area contributed by atoms with Gasteiger partial charge in [0.1, 0.15) is 17.3 Å². The first kappa shape index (κ1) is 19.1. The molecule has 0 bridgehead atoms. The predicted octanol–water partition coefficient (Wildman–Crippen LogP) is 2.84. The van der Waals surface area contributed by atoms with Crippen LogP contribution in [0.5, 0.6) is 11.5 Å². The third kappa shape index (κ3) is 4.30. The van der Waals surface area contributed by atoms with E-state index in [2.05, 4.69) is 14.9 Å². The summed E-state index contributed by atoms with van der Waals surface area (Å²) in [5.41, 5.74) is 2.24. The molecular weight excluding hydrogens is 368 g/mol. The number of nitrogens with zero attached hydrogens (tertiary/aromatic N) is 3. The average Bonchev–Trinajstić information content (AvgIpc) is 3.22. The van der Waals surface area contributed by atoms with Crippen molar-refractivity contribution in [2.45, 2.75) is 18.9 Å². The van der Waals surface area contributed by atoms with E-state index in [4.69, 9.17) is 14.5 Å². The largest absolute Gasteiger partial charge is 0.497 e. The Balaban J connectivity index is 1.52. The van der Waals surface area contributed by atoms with Crippen molar-refractivity contribution < 1.29 is 9.47 Å². The minimum absolute atomic E-state index is 0.149. The molecule has 0 radical (unpaired) electrons. The van der Waals surface area contributed by atoms with Gasteiger partial charge < -0.3 is 14.5 Å². The Labute approximate surface area is 169 Å². The fraction of sp³-hybridized carbons (Fsp3) is 0.318. The summed E-state index contributed by atoms with van der Waals surface area (Å²) in [6.45, 7) is 2.48. The van der Waals surface area contributed by atoms with Crippen LogP contribution in [0.25, 0.3) is 11.4 Å². The van der Waals surface area contributed by atoms with Gasteiger partial charge in [0.2, 0.25) is 0 Å². The van der Waals surface area contributed by atoms with Crippen LogP contribution in [0.4, 0.5) is 0 Å². The number of aromatic amines is 1. The summed E-state index contributed by atoms with van der Waals surface area (Å²) in [7, 11) is 3.34. The van der Waals surface area contributed by atoms with Crippen LogP contribution < -0.4 is 15.0 Å². The smallest absolute Gasteiger partial charge is 0.251 e. The van der Waals surface area contributed by atoms with Crippen molar-refractivity contribution in [3.05, 3.63) is 70.4 Å². The molecule has 1 aliphatic rings. The molecule has 0 amide bonds. The normalized spacial score (nSPS) is 16.7. The Kier molecular flexibility index (Phi) is 5.57. The third-order valence-electron chi connectivity index (χ3n) is 5.23. The van der Waals surface area contributed by atoms with Crippen LogP contribution in [0.1, 0.15) is 23.7 Å². The van der Waals surface area contributed by atoms with Crippen LogP contribution in [0.3, 0.4) is 0 Å². The molecule has 150 valence electrons. The standard InChI is InChI=1S/C22H24N4O3/c1-28-17-6-7-20(29-2)16(11-17)14-26-10-8-15(13-26)22-24-19(12-21(27)25-22)18-5-3-4-9-23-18/h3-7,9,11-12,15H,8,10,13-14H2,1-2H3,(H,24,25,27)/t15-/m0/s1. The first-order valence-electron chi connectivity index (χ1n) is 9.62. The number of likely N-dealkylation sites (tertiary alicyclic amines) is 1. The highest BCUT2D eigenvalue weighted by Crippen LogP contribution is 2.30. The molecule has 1 N–H and O–H groups in total. The lowest BCUT2D eigenvalue weighted by molar-refractivity contribution is 0.314. The van der Waals surface area contributed by atoms with Crippen molar-refractivity contribution in [2.75, 3.05) is 27.3 Å². The zero-order valence-electron chi connectivity index (χ0n) is 16.6. The lowest BCUT2D eigenvalue weighted by atomic mass is 10.1. The second-order valence-electron chi connectivity index (χ2n) is 7.13. The fourth-order valence-corrected chi connectivity index (χ4v) is 3.76. The molecule has 3 heterocycles. The Hall–Kier alpha value is -3.19. The first-order valence-corrected chi connectivity index (χ1v) is 9.62. The first-order chi connectivity index (χ1) is 14.2. The molecule has 0 aliphatic carbocycles. The maximum absolute atomic E-state index is 12.2. The molecule has 7 nitrogen and oxygen atoms in total. The summed E-state index contributed by atoms with van der Waals surface area (Å²) in [4.78, 5) is 26.5. The number of H-pyrrole nitrogens is 1. The van der Waals surface area contributed by atoms with Gasteiger partial charge in [-0.25, -0.2) is 4.98 Å². The van der Waals surface area contributed by atoms with Gasteiger partial charge in [0.15, 0.2) is 0 Å². The molecular formula is C22H24N4O3. The van der Waals surface area contributed by atoms with E-state index in [1.807, 2.05) is 36.4 Å². The number of rotatable bonds is 6. The molecule has 7 heteroatoms. The number of pyridine rings is 1. The molecule has 0 saturated carbocycles. The summed E-state index contributed by atoms with van der Waals surface area (Å²) >= 11 is 0. The molecule has 0 unspecified atom stereocenters. The van der Waals surface area contributed by atoms with E-state index in [9.17, 15) is 4.79 Å². The quantitative estimate of drug-likeness (QED) is 0.695. The topological polar surface area (TPSA) is 80.3 Å². The van der Waals surface area contributed by atoms with Crippen molar-refractivity contribution in [3.8, 4) is 22.9 Å². The summed E-state index contributed by atoms with van der Waals surface area (Å²) in [5, 5.41) is 0. The van der Waals surface area contributed by atoms with E-state index in [1.54, 1.807) is 20.4 Å². The highest BCUT2D eigenvalue weighted by molar-refractivity contribution is 5.52. The van der Waals surface area contributed by atoms with Gasteiger partial charge in [-0.2, -0.15) is 0 Å². The van der Waals surface area contributed by atoms with Crippen molar-refractivity contribution >= 4 is 0 Å². The zero-order valence-corrected chi connectivity index (χ0v) is 16.6. The van der Waals surface area contributed by atoms with Gasteiger partial charge in [-0.1, -0.05) is 6.07 Å². The van der Waals surface area contributed by atoms with E-state index < -0.39 is 0 Å². The Bertz CT molecular complexity index is 1040. The number of methoxy groups -OCH3 is 2. The van der Waals surface area contributed by atoms with Gasteiger partial charge in [-0.3, -0.25) is 14.7 Å². The van der Waals surface area contributed by atoms with Gasteiger partial charge in [0, 0.05) is 36.8 Å². The van der Waals surface area contributed by atoms with Gasteiger partial charge in [0.25, 0.3) is 5.56 Å². The summed E-state index contributed by atoms with van der Waals surface area (Å²) in [5.74, 6) is 2.55. The Morgan fingerprint density at radius 1 is 1.14 bits per heavy atom. The van der Waals surface area contributed by atoms with Crippen LogP contribution in [0.2, 0.25) is 0 Å². The molecule has 1 saturated heterocycles. The fourth-order valence-electron chi connectivity index (χ4n) is 3.76. The third-order valence-corrected chi connectivity index (χ3v) is 5.23. The number of benzene rings is 1. The minimum Gasteiger partial charge on any atom is -0.497 e. The molecule has 1 aromatic carbocycles. The number of hydrogen-bond acceptors (Lipinski definition) is 6. The van der Waals surface area contributed by atoms with Gasteiger partial charge >= 0.3 is 0 Å². The van der Waals surface area contributed by atoms with E-state index >= 15 is 0 Å². The maximum atomic E-state index is 12.2. The molecule has 0 spiro atoms. The van der Waals surface area contributed by atoms with Crippen LogP contribution in [0, 0.1) is 0 Å². The molecule has 4 rings (SSSR count). The number of aromatic nitrogens is 3. The summed E-state index contributed by atoms with van der Waals surface area (Å²) in [6.07, 6.45) is 2.64. The second kappa shape index (κ2) is 8.45. The maximum Gasteiger partial charge on any atom is 0.251 e. The van der Waals surface area contributed by atoms with Crippen LogP contribution in [0.15, 0.2) is 53.5 Å². The van der Waals surface area contributed by atoms with Crippen LogP contribution >= 0.6 is 0 Å². The Morgan fingerprint density at radius 3 is 2.79 bits per heavy atom. The SMILES string of the molecule is COc1ccc(OC)c(CN2CC[C@H](c3nc(-c4ccccn4)cc(=O)[nH]3)C2)c1. The monoisotopic (exact) mass is 392 g/mol. The summed E-state index contributed by atoms with van der Waals surface area (Å²) < 4.78 is 10.8. The van der Waals surface area contributed by atoms with Crippen molar-refractivity contribution in [2.24, 2.45) is 0 Å². The predicted molar refractivity (Wildman–Crippen MR) is 110 cm³/mol. The molecule has 1 aliphatic heterocycles. The van der Waals surface area contributed by atoms with E-state index in [1.165, 1.54) is 6.07 Å². The van der Waals surface area contributed by atoms with Crippen molar-refractivity contribution in [1.82, 2.24) is 19.9 Å². The minimum atomic E-state index is -0.149. The molecule has 1 atom stereocenters. The molecule has 2 aromatic heterocycles. The van der Waals surface area contributed by atoms with Gasteiger partial charge in [-0.05, 0) is 43.3 Å². The van der Waals surface area contributed by atoms with Crippen molar-refractivity contribution in [1.29, 1.82) is 0 Å². The van der Waals surface area contributed by atoms with Crippen LogP contribution in [-0.2, 0) is 6.54 Å². The van der Waals surface area contributed by atoms with E-state index in [0.29, 0.717) is 11.4 Å². The molecule has 3 aromatic rings. The average molecular weight is 392 g/mol.